The summed E-state index contributed by atoms with van der Waals surface area (Å²) in [5.74, 6) is 0.246. The van der Waals surface area contributed by atoms with Gasteiger partial charge in [-0.2, -0.15) is 0 Å². The molecule has 7 nitrogen and oxygen atoms in total. The molecule has 0 radical (unpaired) electrons. The second-order valence-corrected chi connectivity index (χ2v) is 8.57. The van der Waals surface area contributed by atoms with Crippen molar-refractivity contribution in [3.8, 4) is 5.75 Å². The van der Waals surface area contributed by atoms with Crippen LogP contribution < -0.4 is 15.0 Å². The first-order valence-electron chi connectivity index (χ1n) is 11.0. The van der Waals surface area contributed by atoms with Crippen LogP contribution in [0.25, 0.3) is 10.8 Å². The van der Waals surface area contributed by atoms with Crippen LogP contribution in [0.4, 0.5) is 5.69 Å². The highest BCUT2D eigenvalue weighted by atomic mass is 35.5. The second-order valence-electron chi connectivity index (χ2n) is 8.14. The van der Waals surface area contributed by atoms with Gasteiger partial charge < -0.3 is 14.9 Å². The van der Waals surface area contributed by atoms with Crippen molar-refractivity contribution in [2.45, 2.75) is 31.9 Å². The predicted molar refractivity (Wildman–Crippen MR) is 133 cm³/mol. The third-order valence-corrected chi connectivity index (χ3v) is 5.96. The summed E-state index contributed by atoms with van der Waals surface area (Å²) < 4.78 is 5.31. The molecule has 0 spiro atoms. The van der Waals surface area contributed by atoms with Gasteiger partial charge in [-0.25, -0.2) is 0 Å². The van der Waals surface area contributed by atoms with Gasteiger partial charge >= 0.3 is 0 Å². The third kappa shape index (κ3) is 5.48. The van der Waals surface area contributed by atoms with E-state index in [4.69, 9.17) is 21.2 Å². The highest BCUT2D eigenvalue weighted by Gasteiger charge is 2.31. The summed E-state index contributed by atoms with van der Waals surface area (Å²) in [6, 6.07) is 20.3. The fourth-order valence-corrected chi connectivity index (χ4v) is 4.26. The Hall–Kier alpha value is -3.58. The highest BCUT2D eigenvalue weighted by molar-refractivity contribution is 6.65. The molecule has 176 valence electrons. The zero-order valence-electron chi connectivity index (χ0n) is 19.0. The van der Waals surface area contributed by atoms with Gasteiger partial charge in [0, 0.05) is 25.5 Å². The number of amides is 2. The number of hydrogen-bond donors (Lipinski definition) is 1. The van der Waals surface area contributed by atoms with Gasteiger partial charge in [0.1, 0.15) is 17.0 Å². The lowest BCUT2D eigenvalue weighted by Crippen LogP contribution is -2.51. The molecule has 2 amide bonds. The molecule has 3 aromatic carbocycles. The second kappa shape index (κ2) is 10.6. The van der Waals surface area contributed by atoms with Crippen LogP contribution in [-0.4, -0.2) is 42.8 Å². The van der Waals surface area contributed by atoms with E-state index in [-0.39, 0.29) is 24.5 Å². The number of fused-ring (bicyclic) bond motifs is 1. The van der Waals surface area contributed by atoms with E-state index in [0.29, 0.717) is 23.7 Å². The number of carbonyl (C=O) groups is 2. The average Bonchev–Trinajstić information content (AvgIpc) is 3.27. The third-order valence-electron chi connectivity index (χ3n) is 5.74. The van der Waals surface area contributed by atoms with E-state index in [1.807, 2.05) is 66.7 Å². The van der Waals surface area contributed by atoms with E-state index in [9.17, 15) is 9.59 Å². The number of carbonyl (C=O) groups excluding carboxylic acids is 2. The molecule has 1 N–H and O–H groups in total. The van der Waals surface area contributed by atoms with Crippen LogP contribution in [0.5, 0.6) is 5.75 Å². The van der Waals surface area contributed by atoms with Crippen LogP contribution >= 0.6 is 11.6 Å². The summed E-state index contributed by atoms with van der Waals surface area (Å²) in [6.45, 7) is 1.71. The quantitative estimate of drug-likeness (QED) is 0.523. The molecule has 3 aromatic rings. The Bertz CT molecular complexity index is 1220. The average molecular weight is 480 g/mol. The number of halogens is 1. The summed E-state index contributed by atoms with van der Waals surface area (Å²) in [6.07, 6.45) is 0.473. The number of methoxy groups -OCH3 is 1. The van der Waals surface area contributed by atoms with Crippen LogP contribution in [0, 0.1) is 0 Å². The number of benzene rings is 3. The first-order valence-corrected chi connectivity index (χ1v) is 11.4. The monoisotopic (exact) mass is 479 g/mol. The van der Waals surface area contributed by atoms with Crippen molar-refractivity contribution in [3.05, 3.63) is 72.3 Å². The number of nitrogens with zero attached hydrogens (tertiary/aromatic N) is 2. The summed E-state index contributed by atoms with van der Waals surface area (Å²) >= 11 is 5.88. The Morgan fingerprint density at radius 1 is 1.15 bits per heavy atom. The van der Waals surface area contributed by atoms with Crippen molar-refractivity contribution >= 4 is 45.0 Å². The number of nitrogens with one attached hydrogen (secondary N) is 1. The Balaban J connectivity index is 1.64. The van der Waals surface area contributed by atoms with E-state index in [1.54, 1.807) is 12.0 Å². The molecule has 0 fully saturated rings. The highest BCUT2D eigenvalue weighted by Crippen LogP contribution is 2.28. The van der Waals surface area contributed by atoms with Crippen LogP contribution in [-0.2, 0) is 20.8 Å². The smallest absolute Gasteiger partial charge is 0.243 e. The molecule has 0 saturated heterocycles. The van der Waals surface area contributed by atoms with Gasteiger partial charge in [0.25, 0.3) is 0 Å². The van der Waals surface area contributed by atoms with E-state index in [0.717, 1.165) is 22.1 Å². The molecule has 8 heteroatoms. The van der Waals surface area contributed by atoms with Crippen molar-refractivity contribution in [3.63, 3.8) is 0 Å². The van der Waals surface area contributed by atoms with Crippen molar-refractivity contribution in [2.75, 3.05) is 18.6 Å². The fourth-order valence-electron chi connectivity index (χ4n) is 4.04. The number of anilines is 1. The van der Waals surface area contributed by atoms with Crippen LogP contribution in [0.2, 0.25) is 0 Å². The number of ether oxygens (including phenoxy) is 1. The van der Waals surface area contributed by atoms with Gasteiger partial charge in [-0.05, 0) is 40.6 Å². The van der Waals surface area contributed by atoms with Crippen LogP contribution in [0.3, 0.4) is 0 Å². The molecule has 1 heterocycles. The maximum Gasteiger partial charge on any atom is 0.243 e. The van der Waals surface area contributed by atoms with Gasteiger partial charge in [0.05, 0.1) is 13.7 Å². The van der Waals surface area contributed by atoms with Gasteiger partial charge in [-0.15, -0.1) is 0 Å². The van der Waals surface area contributed by atoms with Gasteiger partial charge in [0.15, 0.2) is 6.10 Å². The lowest BCUT2D eigenvalue weighted by molar-refractivity contribution is -0.126. The minimum absolute atomic E-state index is 0.229. The summed E-state index contributed by atoms with van der Waals surface area (Å²) in [5, 5.41) is 8.92. The first-order chi connectivity index (χ1) is 16.4. The van der Waals surface area contributed by atoms with Crippen molar-refractivity contribution in [2.24, 2.45) is 5.16 Å². The van der Waals surface area contributed by atoms with Gasteiger partial charge in [-0.3, -0.25) is 14.5 Å². The first kappa shape index (κ1) is 23.6. The van der Waals surface area contributed by atoms with Crippen LogP contribution in [0.1, 0.15) is 18.9 Å². The van der Waals surface area contributed by atoms with Gasteiger partial charge in [-0.1, -0.05) is 59.2 Å². The Morgan fingerprint density at radius 3 is 2.56 bits per heavy atom. The molecule has 1 unspecified atom stereocenters. The Labute approximate surface area is 203 Å². The molecular weight excluding hydrogens is 454 g/mol. The lowest BCUT2D eigenvalue weighted by atomic mass is 10.0. The number of hydrogen-bond acceptors (Lipinski definition) is 5. The zero-order chi connectivity index (χ0) is 24.1. The molecule has 0 bridgehead atoms. The zero-order valence-corrected chi connectivity index (χ0v) is 19.8. The number of oxime groups is 1. The topological polar surface area (TPSA) is 80.2 Å². The standard InChI is InChI=1S/C26H26ClN3O4/c1-17(31)30(21-10-8-20-14-22(33-2)11-9-19(20)13-21)24(12-18-6-4-3-5-7-18)26(32)28-16-23-15-25(27)29-34-23/h3-11,13-14,23-24H,12,15-16H2,1-2H3,(H,28,32)/t23?,24-/m0/s1. The van der Waals surface area contributed by atoms with Crippen molar-refractivity contribution < 1.29 is 19.2 Å². The predicted octanol–water partition coefficient (Wildman–Crippen LogP) is 4.27. The summed E-state index contributed by atoms with van der Waals surface area (Å²) in [4.78, 5) is 33.1. The minimum atomic E-state index is -0.756. The van der Waals surface area contributed by atoms with Crippen molar-refractivity contribution in [1.29, 1.82) is 0 Å². The van der Waals surface area contributed by atoms with Gasteiger partial charge in [0.2, 0.25) is 11.8 Å². The molecule has 0 aromatic heterocycles. The summed E-state index contributed by atoms with van der Waals surface area (Å²) in [7, 11) is 1.62. The Kier molecular flexibility index (Phi) is 7.33. The molecule has 1 aliphatic heterocycles. The summed E-state index contributed by atoms with van der Waals surface area (Å²) in [5.41, 5.74) is 1.59. The van der Waals surface area contributed by atoms with E-state index in [2.05, 4.69) is 10.5 Å². The lowest BCUT2D eigenvalue weighted by Gasteiger charge is -2.31. The molecule has 34 heavy (non-hydrogen) atoms. The normalized spacial score (nSPS) is 15.9. The van der Waals surface area contributed by atoms with E-state index in [1.165, 1.54) is 6.92 Å². The largest absolute Gasteiger partial charge is 0.497 e. The van der Waals surface area contributed by atoms with E-state index < -0.39 is 6.04 Å². The Morgan fingerprint density at radius 2 is 1.88 bits per heavy atom. The maximum absolute atomic E-state index is 13.4. The number of rotatable bonds is 8. The molecule has 1 aliphatic rings. The van der Waals surface area contributed by atoms with Crippen molar-refractivity contribution in [1.82, 2.24) is 5.32 Å². The molecule has 2 atom stereocenters. The minimum Gasteiger partial charge on any atom is -0.497 e. The SMILES string of the molecule is COc1ccc2cc(N(C(C)=O)[C@@H](Cc3ccccc3)C(=O)NCC3CC(Cl)=NO3)ccc2c1. The van der Waals surface area contributed by atoms with E-state index >= 15 is 0 Å². The van der Waals surface area contributed by atoms with Crippen LogP contribution in [0.15, 0.2) is 71.9 Å². The molecule has 0 aliphatic carbocycles. The maximum atomic E-state index is 13.4. The fraction of sp³-hybridized carbons (Fsp3) is 0.269. The molecule has 4 rings (SSSR count). The molecule has 0 saturated carbocycles. The molecular formula is C26H26ClN3O4.